The van der Waals surface area contributed by atoms with E-state index in [1.165, 1.54) is 10.9 Å². The van der Waals surface area contributed by atoms with E-state index in [-0.39, 0.29) is 18.3 Å². The first kappa shape index (κ1) is 22.2. The van der Waals surface area contributed by atoms with Crippen LogP contribution in [0.3, 0.4) is 0 Å². The summed E-state index contributed by atoms with van der Waals surface area (Å²) in [6.07, 6.45) is 0. The van der Waals surface area contributed by atoms with Gasteiger partial charge in [-0.3, -0.25) is 9.69 Å². The van der Waals surface area contributed by atoms with E-state index in [1.54, 1.807) is 6.92 Å². The summed E-state index contributed by atoms with van der Waals surface area (Å²) in [6.45, 7) is 3.06. The van der Waals surface area contributed by atoms with E-state index in [2.05, 4.69) is 35.2 Å². The third-order valence-electron chi connectivity index (χ3n) is 5.25. The van der Waals surface area contributed by atoms with Crippen LogP contribution in [0, 0.1) is 0 Å². The topological polar surface area (TPSA) is 49.6 Å². The maximum atomic E-state index is 11.7. The highest BCUT2D eigenvalue weighted by Gasteiger charge is 2.27. The second kappa shape index (κ2) is 10.0. The lowest BCUT2D eigenvalue weighted by atomic mass is 10.1. The van der Waals surface area contributed by atoms with Crippen LogP contribution in [0.25, 0.3) is 10.8 Å². The third kappa shape index (κ3) is 4.98. The molecule has 0 radical (unpaired) electrons. The molecule has 0 fully saturated rings. The number of anilines is 3. The van der Waals surface area contributed by atoms with Gasteiger partial charge in [0, 0.05) is 24.5 Å². The standard InChI is InChI=1S/C16H16N2O.C10H9N.ClH/c1-13(19)18-12-17(11-14-7-3-2-4-8-14)15-9-5-6-10-16(15)18;11-10-7-3-5-8-4-1-2-6-9(8)10;/h2-10H,11-12H2,1H3;1-7H,11H2;1H. The molecule has 1 amide bonds. The number of carbonyl (C=O) groups excluding carboxylic acids is 1. The van der Waals surface area contributed by atoms with E-state index in [0.29, 0.717) is 6.67 Å². The Morgan fingerprint density at radius 1 is 0.806 bits per heavy atom. The summed E-state index contributed by atoms with van der Waals surface area (Å²) < 4.78 is 0. The van der Waals surface area contributed by atoms with Gasteiger partial charge in [0.2, 0.25) is 5.91 Å². The predicted octanol–water partition coefficient (Wildman–Crippen LogP) is 5.86. The van der Waals surface area contributed by atoms with E-state index in [1.807, 2.05) is 71.6 Å². The molecule has 0 atom stereocenters. The molecule has 0 spiro atoms. The normalized spacial score (nSPS) is 11.9. The number of fused-ring (bicyclic) bond motifs is 2. The zero-order valence-electron chi connectivity index (χ0n) is 17.4. The molecule has 0 unspecified atom stereocenters. The lowest BCUT2D eigenvalue weighted by molar-refractivity contribution is -0.116. The highest BCUT2D eigenvalue weighted by molar-refractivity contribution is 5.98. The predicted molar refractivity (Wildman–Crippen MR) is 133 cm³/mol. The summed E-state index contributed by atoms with van der Waals surface area (Å²) in [5.74, 6) is 0.0861. The summed E-state index contributed by atoms with van der Waals surface area (Å²) in [7, 11) is 0. The number of nitrogens with two attached hydrogens (primary N) is 1. The number of hydrogen-bond donors (Lipinski definition) is 1. The molecule has 0 saturated carbocycles. The van der Waals surface area contributed by atoms with Gasteiger partial charge in [0.05, 0.1) is 18.0 Å². The van der Waals surface area contributed by atoms with Gasteiger partial charge in [0.1, 0.15) is 0 Å². The van der Waals surface area contributed by atoms with Gasteiger partial charge >= 0.3 is 0 Å². The fraction of sp³-hybridized carbons (Fsp3) is 0.115. The van der Waals surface area contributed by atoms with E-state index >= 15 is 0 Å². The smallest absolute Gasteiger partial charge is 0.225 e. The van der Waals surface area contributed by atoms with Gasteiger partial charge < -0.3 is 10.6 Å². The molecule has 0 aromatic heterocycles. The molecule has 4 nitrogen and oxygen atoms in total. The quantitative estimate of drug-likeness (QED) is 0.404. The molecular formula is C26H26ClN3O. The summed E-state index contributed by atoms with van der Waals surface area (Å²) in [5.41, 5.74) is 9.99. The van der Waals surface area contributed by atoms with Crippen LogP contribution in [0.15, 0.2) is 97.1 Å². The summed E-state index contributed by atoms with van der Waals surface area (Å²) in [6, 6.07) is 32.4. The van der Waals surface area contributed by atoms with Crippen LogP contribution in [0.2, 0.25) is 0 Å². The van der Waals surface area contributed by atoms with E-state index in [9.17, 15) is 4.79 Å². The Labute approximate surface area is 189 Å². The Balaban J connectivity index is 0.000000194. The van der Waals surface area contributed by atoms with Crippen molar-refractivity contribution in [3.63, 3.8) is 0 Å². The van der Waals surface area contributed by atoms with Crippen molar-refractivity contribution in [1.29, 1.82) is 0 Å². The number of hydrogen-bond acceptors (Lipinski definition) is 3. The molecule has 4 aromatic rings. The molecule has 5 heteroatoms. The van der Waals surface area contributed by atoms with Crippen LogP contribution < -0.4 is 15.5 Å². The summed E-state index contributed by atoms with van der Waals surface area (Å²) in [5, 5.41) is 2.34. The molecule has 4 aromatic carbocycles. The number of carbonyl (C=O) groups is 1. The highest BCUT2D eigenvalue weighted by atomic mass is 35.5. The molecule has 0 saturated heterocycles. The number of benzene rings is 4. The molecule has 158 valence electrons. The van der Waals surface area contributed by atoms with E-state index in [4.69, 9.17) is 5.73 Å². The number of halogens is 1. The average Bonchev–Trinajstić information content (AvgIpc) is 3.14. The van der Waals surface area contributed by atoms with E-state index in [0.717, 1.165) is 29.0 Å². The molecule has 1 aliphatic rings. The molecular weight excluding hydrogens is 406 g/mol. The molecule has 5 rings (SSSR count). The lowest BCUT2D eigenvalue weighted by Crippen LogP contribution is -2.33. The van der Waals surface area contributed by atoms with Crippen LogP contribution in [0.4, 0.5) is 17.1 Å². The van der Waals surface area contributed by atoms with Crippen LogP contribution in [0.1, 0.15) is 12.5 Å². The van der Waals surface area contributed by atoms with Crippen LogP contribution in [0.5, 0.6) is 0 Å². The van der Waals surface area contributed by atoms with Crippen LogP contribution in [-0.2, 0) is 11.3 Å². The Hall–Kier alpha value is -3.50. The Kier molecular flexibility index (Phi) is 7.16. The van der Waals surface area contributed by atoms with Gasteiger partial charge in [-0.2, -0.15) is 0 Å². The number of para-hydroxylation sites is 2. The monoisotopic (exact) mass is 431 g/mol. The fourth-order valence-electron chi connectivity index (χ4n) is 3.74. The van der Waals surface area contributed by atoms with Gasteiger partial charge in [-0.15, -0.1) is 12.4 Å². The summed E-state index contributed by atoms with van der Waals surface area (Å²) in [4.78, 5) is 15.8. The van der Waals surface area contributed by atoms with Crippen molar-refractivity contribution in [2.75, 3.05) is 22.2 Å². The minimum atomic E-state index is 0. The molecule has 2 N–H and O–H groups in total. The zero-order chi connectivity index (χ0) is 20.9. The Morgan fingerprint density at radius 2 is 1.42 bits per heavy atom. The minimum absolute atomic E-state index is 0. The fourth-order valence-corrected chi connectivity index (χ4v) is 3.74. The molecule has 1 heterocycles. The SMILES string of the molecule is CC(=O)N1CN(Cc2ccccc2)c2ccccc21.Cl.Nc1cccc2ccccc12. The number of nitrogens with zero attached hydrogens (tertiary/aromatic N) is 2. The lowest BCUT2D eigenvalue weighted by Gasteiger charge is -2.19. The maximum absolute atomic E-state index is 11.7. The maximum Gasteiger partial charge on any atom is 0.225 e. The second-order valence-electron chi connectivity index (χ2n) is 7.33. The largest absolute Gasteiger partial charge is 0.398 e. The van der Waals surface area contributed by atoms with Gasteiger partial charge in [-0.05, 0) is 29.1 Å². The van der Waals surface area contributed by atoms with Gasteiger partial charge in [0.25, 0.3) is 0 Å². The molecule has 1 aliphatic heterocycles. The Bertz CT molecular complexity index is 1160. The van der Waals surface area contributed by atoms with Crippen molar-refractivity contribution in [2.24, 2.45) is 0 Å². The Morgan fingerprint density at radius 3 is 2.13 bits per heavy atom. The van der Waals surface area contributed by atoms with Crippen molar-refractivity contribution in [3.05, 3.63) is 103 Å². The second-order valence-corrected chi connectivity index (χ2v) is 7.33. The zero-order valence-corrected chi connectivity index (χ0v) is 18.3. The van der Waals surface area contributed by atoms with Crippen molar-refractivity contribution >= 4 is 46.1 Å². The van der Waals surface area contributed by atoms with Crippen molar-refractivity contribution in [1.82, 2.24) is 0 Å². The van der Waals surface area contributed by atoms with Gasteiger partial charge in [-0.25, -0.2) is 0 Å². The van der Waals surface area contributed by atoms with Gasteiger partial charge in [0.15, 0.2) is 0 Å². The highest BCUT2D eigenvalue weighted by Crippen LogP contribution is 2.36. The molecule has 0 aliphatic carbocycles. The average molecular weight is 432 g/mol. The molecule has 31 heavy (non-hydrogen) atoms. The number of rotatable bonds is 2. The first-order valence-corrected chi connectivity index (χ1v) is 10.0. The van der Waals surface area contributed by atoms with Crippen molar-refractivity contribution in [2.45, 2.75) is 13.5 Å². The van der Waals surface area contributed by atoms with E-state index < -0.39 is 0 Å². The number of amides is 1. The first-order valence-electron chi connectivity index (χ1n) is 10.0. The van der Waals surface area contributed by atoms with Crippen molar-refractivity contribution in [3.8, 4) is 0 Å². The van der Waals surface area contributed by atoms with Crippen molar-refractivity contribution < 1.29 is 4.79 Å². The first-order chi connectivity index (χ1) is 14.6. The van der Waals surface area contributed by atoms with Crippen LogP contribution >= 0.6 is 12.4 Å². The third-order valence-corrected chi connectivity index (χ3v) is 5.25. The number of nitrogen functional groups attached to an aromatic ring is 1. The summed E-state index contributed by atoms with van der Waals surface area (Å²) >= 11 is 0. The van der Waals surface area contributed by atoms with Crippen LogP contribution in [-0.4, -0.2) is 12.6 Å². The minimum Gasteiger partial charge on any atom is -0.398 e. The van der Waals surface area contributed by atoms with Gasteiger partial charge in [-0.1, -0.05) is 78.9 Å². The molecule has 0 bridgehead atoms.